The summed E-state index contributed by atoms with van der Waals surface area (Å²) in [5.74, 6) is -0.160. The van der Waals surface area contributed by atoms with Gasteiger partial charge < -0.3 is 4.90 Å². The van der Waals surface area contributed by atoms with Crippen LogP contribution in [0.2, 0.25) is 0 Å². The van der Waals surface area contributed by atoms with Crippen molar-refractivity contribution < 1.29 is 13.2 Å². The van der Waals surface area contributed by atoms with Crippen molar-refractivity contribution in [2.45, 2.75) is 4.90 Å². The number of benzene rings is 2. The highest BCUT2D eigenvalue weighted by Crippen LogP contribution is 2.21. The van der Waals surface area contributed by atoms with E-state index >= 15 is 0 Å². The SMILES string of the molecule is O=C(c1cncn1-c1ccccc1)N1CCN(S(=O)(=O)c2ccc(Br)cc2)CC1. The summed E-state index contributed by atoms with van der Waals surface area (Å²) in [6.45, 7) is 1.16. The molecular formula is C20H19BrN4O3S. The van der Waals surface area contributed by atoms with Crippen molar-refractivity contribution in [2.75, 3.05) is 26.2 Å². The smallest absolute Gasteiger partial charge is 0.272 e. The van der Waals surface area contributed by atoms with Crippen LogP contribution in [-0.4, -0.2) is 59.3 Å². The monoisotopic (exact) mass is 474 g/mol. The van der Waals surface area contributed by atoms with E-state index in [1.54, 1.807) is 46.3 Å². The highest BCUT2D eigenvalue weighted by Gasteiger charge is 2.31. The van der Waals surface area contributed by atoms with E-state index < -0.39 is 10.0 Å². The first-order valence-corrected chi connectivity index (χ1v) is 11.3. The van der Waals surface area contributed by atoms with Gasteiger partial charge in [0.1, 0.15) is 5.69 Å². The van der Waals surface area contributed by atoms with Gasteiger partial charge in [0.05, 0.1) is 17.4 Å². The molecule has 0 N–H and O–H groups in total. The first kappa shape index (κ1) is 19.8. The molecule has 1 aliphatic rings. The van der Waals surface area contributed by atoms with E-state index in [0.717, 1.165) is 10.2 Å². The molecule has 1 amide bonds. The van der Waals surface area contributed by atoms with Crippen LogP contribution >= 0.6 is 15.9 Å². The normalized spacial score (nSPS) is 15.4. The number of sulfonamides is 1. The first-order valence-electron chi connectivity index (χ1n) is 9.09. The number of aromatic nitrogens is 2. The van der Waals surface area contributed by atoms with Crippen molar-refractivity contribution in [3.8, 4) is 5.69 Å². The van der Waals surface area contributed by atoms with Crippen LogP contribution in [0.1, 0.15) is 10.5 Å². The fourth-order valence-corrected chi connectivity index (χ4v) is 4.98. The zero-order valence-electron chi connectivity index (χ0n) is 15.5. The Hall–Kier alpha value is -2.49. The molecule has 0 saturated carbocycles. The lowest BCUT2D eigenvalue weighted by atomic mass is 10.3. The van der Waals surface area contributed by atoms with E-state index in [0.29, 0.717) is 18.8 Å². The number of rotatable bonds is 4. The van der Waals surface area contributed by atoms with E-state index in [-0.39, 0.29) is 23.9 Å². The number of imidazole rings is 1. The Kier molecular flexibility index (Phi) is 5.53. The summed E-state index contributed by atoms with van der Waals surface area (Å²) >= 11 is 3.31. The Morgan fingerprint density at radius 1 is 0.931 bits per heavy atom. The fourth-order valence-electron chi connectivity index (χ4n) is 3.30. The van der Waals surface area contributed by atoms with Gasteiger partial charge >= 0.3 is 0 Å². The second-order valence-corrected chi connectivity index (χ2v) is 9.49. The molecule has 2 heterocycles. The Morgan fingerprint density at radius 3 is 2.24 bits per heavy atom. The van der Waals surface area contributed by atoms with E-state index in [4.69, 9.17) is 0 Å². The number of carbonyl (C=O) groups excluding carboxylic acids is 1. The summed E-state index contributed by atoms with van der Waals surface area (Å²) in [6, 6.07) is 16.1. The molecule has 4 rings (SSSR count). The summed E-state index contributed by atoms with van der Waals surface area (Å²) in [5, 5.41) is 0. The largest absolute Gasteiger partial charge is 0.335 e. The van der Waals surface area contributed by atoms with E-state index in [9.17, 15) is 13.2 Å². The third kappa shape index (κ3) is 3.98. The molecule has 1 fully saturated rings. The molecule has 9 heteroatoms. The van der Waals surface area contributed by atoms with Crippen LogP contribution < -0.4 is 0 Å². The zero-order chi connectivity index (χ0) is 20.4. The van der Waals surface area contributed by atoms with Gasteiger partial charge in [0.15, 0.2) is 0 Å². The third-order valence-corrected chi connectivity index (χ3v) is 7.31. The third-order valence-electron chi connectivity index (χ3n) is 4.87. The fraction of sp³-hybridized carbons (Fsp3) is 0.200. The maximum atomic E-state index is 13.0. The number of nitrogens with zero attached hydrogens (tertiary/aromatic N) is 4. The summed E-state index contributed by atoms with van der Waals surface area (Å²) in [6.07, 6.45) is 3.15. The summed E-state index contributed by atoms with van der Waals surface area (Å²) < 4.78 is 29.7. The molecule has 1 aromatic heterocycles. The molecule has 0 spiro atoms. The standard InChI is InChI=1S/C20H19BrN4O3S/c21-16-6-8-18(9-7-16)29(27,28)24-12-10-23(11-13-24)20(26)19-14-22-15-25(19)17-4-2-1-3-5-17/h1-9,14-15H,10-13H2. The summed E-state index contributed by atoms with van der Waals surface area (Å²) in [5.41, 5.74) is 1.31. The Morgan fingerprint density at radius 2 is 1.59 bits per heavy atom. The Labute approximate surface area is 177 Å². The van der Waals surface area contributed by atoms with Crippen molar-refractivity contribution in [1.82, 2.24) is 18.8 Å². The lowest BCUT2D eigenvalue weighted by Gasteiger charge is -2.34. The number of hydrogen-bond acceptors (Lipinski definition) is 4. The van der Waals surface area contributed by atoms with Gasteiger partial charge in [-0.15, -0.1) is 0 Å². The van der Waals surface area contributed by atoms with Crippen LogP contribution in [0.3, 0.4) is 0 Å². The van der Waals surface area contributed by atoms with Gasteiger partial charge in [-0.3, -0.25) is 9.36 Å². The van der Waals surface area contributed by atoms with Crippen molar-refractivity contribution in [3.05, 3.63) is 77.3 Å². The average molecular weight is 475 g/mol. The highest BCUT2D eigenvalue weighted by atomic mass is 79.9. The molecule has 3 aromatic rings. The molecule has 2 aromatic carbocycles. The molecular weight excluding hydrogens is 456 g/mol. The van der Waals surface area contributed by atoms with Crippen LogP contribution in [0.4, 0.5) is 0 Å². The van der Waals surface area contributed by atoms with Gasteiger partial charge in [0, 0.05) is 36.3 Å². The van der Waals surface area contributed by atoms with Crippen LogP contribution in [0.15, 0.2) is 76.5 Å². The molecule has 150 valence electrons. The molecule has 0 unspecified atom stereocenters. The maximum absolute atomic E-state index is 13.0. The second-order valence-electron chi connectivity index (χ2n) is 6.63. The van der Waals surface area contributed by atoms with Crippen molar-refractivity contribution in [2.24, 2.45) is 0 Å². The Balaban J connectivity index is 1.47. The van der Waals surface area contributed by atoms with Crippen LogP contribution in [0, 0.1) is 0 Å². The predicted molar refractivity (Wildman–Crippen MR) is 112 cm³/mol. The van der Waals surface area contributed by atoms with Gasteiger partial charge in [-0.05, 0) is 36.4 Å². The molecule has 29 heavy (non-hydrogen) atoms. The van der Waals surface area contributed by atoms with Gasteiger partial charge in [0.2, 0.25) is 10.0 Å². The molecule has 7 nitrogen and oxygen atoms in total. The molecule has 1 aliphatic heterocycles. The lowest BCUT2D eigenvalue weighted by molar-refractivity contribution is 0.0690. The summed E-state index contributed by atoms with van der Waals surface area (Å²) in [7, 11) is -3.58. The second kappa shape index (κ2) is 8.10. The maximum Gasteiger partial charge on any atom is 0.272 e. The zero-order valence-corrected chi connectivity index (χ0v) is 17.9. The minimum atomic E-state index is -3.58. The van der Waals surface area contributed by atoms with Crippen LogP contribution in [-0.2, 0) is 10.0 Å². The van der Waals surface area contributed by atoms with Crippen LogP contribution in [0.5, 0.6) is 0 Å². The molecule has 1 saturated heterocycles. The highest BCUT2D eigenvalue weighted by molar-refractivity contribution is 9.10. The lowest BCUT2D eigenvalue weighted by Crippen LogP contribution is -2.50. The predicted octanol–water partition coefficient (Wildman–Crippen LogP) is 2.78. The van der Waals surface area contributed by atoms with Gasteiger partial charge in [-0.1, -0.05) is 34.1 Å². The molecule has 0 atom stereocenters. The number of para-hydroxylation sites is 1. The van der Waals surface area contributed by atoms with Crippen molar-refractivity contribution >= 4 is 31.9 Å². The van der Waals surface area contributed by atoms with Gasteiger partial charge in [-0.25, -0.2) is 13.4 Å². The number of hydrogen-bond donors (Lipinski definition) is 0. The minimum absolute atomic E-state index is 0.160. The number of halogens is 1. The average Bonchev–Trinajstić information content (AvgIpc) is 3.24. The van der Waals surface area contributed by atoms with Gasteiger partial charge in [0.25, 0.3) is 5.91 Å². The molecule has 0 radical (unpaired) electrons. The van der Waals surface area contributed by atoms with E-state index in [1.165, 1.54) is 4.31 Å². The molecule has 0 bridgehead atoms. The minimum Gasteiger partial charge on any atom is -0.335 e. The Bertz CT molecular complexity index is 1110. The van der Waals surface area contributed by atoms with E-state index in [1.807, 2.05) is 30.3 Å². The quantitative estimate of drug-likeness (QED) is 0.582. The van der Waals surface area contributed by atoms with Crippen molar-refractivity contribution in [1.29, 1.82) is 0 Å². The van der Waals surface area contributed by atoms with Gasteiger partial charge in [-0.2, -0.15) is 4.31 Å². The molecule has 0 aliphatic carbocycles. The number of piperazine rings is 1. The first-order chi connectivity index (χ1) is 14.0. The topological polar surface area (TPSA) is 75.5 Å². The summed E-state index contributed by atoms with van der Waals surface area (Å²) in [4.78, 5) is 19.1. The number of carbonyl (C=O) groups is 1. The van der Waals surface area contributed by atoms with Crippen LogP contribution in [0.25, 0.3) is 5.69 Å². The van der Waals surface area contributed by atoms with Crippen molar-refractivity contribution in [3.63, 3.8) is 0 Å². The number of amides is 1. The van der Waals surface area contributed by atoms with E-state index in [2.05, 4.69) is 20.9 Å².